The van der Waals surface area contributed by atoms with Gasteiger partial charge in [0.15, 0.2) is 12.4 Å². The molecule has 0 spiro atoms. The molecular formula is C26H19ClN4O3S. The van der Waals surface area contributed by atoms with Gasteiger partial charge in [-0.1, -0.05) is 71.5 Å². The fraction of sp³-hybridized carbons (Fsp3) is 0.0769. The summed E-state index contributed by atoms with van der Waals surface area (Å²) in [6.45, 7) is -0.185. The molecule has 174 valence electrons. The van der Waals surface area contributed by atoms with Crippen LogP contribution >= 0.6 is 22.9 Å². The fourth-order valence-corrected chi connectivity index (χ4v) is 4.52. The van der Waals surface area contributed by atoms with Gasteiger partial charge in [-0.2, -0.15) is 4.52 Å². The molecule has 0 unspecified atom stereocenters. The zero-order valence-corrected chi connectivity index (χ0v) is 19.9. The van der Waals surface area contributed by atoms with Crippen LogP contribution in [0.1, 0.15) is 17.0 Å². The maximum absolute atomic E-state index is 12.9. The van der Waals surface area contributed by atoms with Crippen LogP contribution in [-0.4, -0.2) is 27.1 Å². The summed E-state index contributed by atoms with van der Waals surface area (Å²) < 4.78 is 7.55. The third kappa shape index (κ3) is 5.40. The topological polar surface area (TPSA) is 85.6 Å². The zero-order valence-electron chi connectivity index (χ0n) is 18.3. The molecule has 1 N–H and O–H groups in total. The van der Waals surface area contributed by atoms with Crippen molar-refractivity contribution < 1.29 is 9.53 Å². The molecule has 9 heteroatoms. The van der Waals surface area contributed by atoms with Crippen molar-refractivity contribution in [3.63, 3.8) is 0 Å². The molecule has 0 fully saturated rings. The van der Waals surface area contributed by atoms with E-state index in [1.54, 1.807) is 42.5 Å². The highest BCUT2D eigenvalue weighted by Gasteiger charge is 2.12. The van der Waals surface area contributed by atoms with Gasteiger partial charge < -0.3 is 10.1 Å². The van der Waals surface area contributed by atoms with E-state index in [4.69, 9.17) is 16.3 Å². The van der Waals surface area contributed by atoms with E-state index in [-0.39, 0.29) is 18.1 Å². The summed E-state index contributed by atoms with van der Waals surface area (Å²) in [5.41, 5.74) is 2.14. The molecule has 0 aliphatic carbocycles. The number of carbonyl (C=O) groups excluding carboxylic acids is 1. The Labute approximate surface area is 209 Å². The van der Waals surface area contributed by atoms with Gasteiger partial charge in [0.2, 0.25) is 4.96 Å². The van der Waals surface area contributed by atoms with Gasteiger partial charge in [-0.3, -0.25) is 9.59 Å². The van der Waals surface area contributed by atoms with E-state index in [1.807, 2.05) is 42.5 Å². The minimum absolute atomic E-state index is 0.185. The first kappa shape index (κ1) is 22.8. The van der Waals surface area contributed by atoms with Crippen molar-refractivity contribution in [3.8, 4) is 5.75 Å². The molecule has 0 aliphatic rings. The number of benzene rings is 3. The van der Waals surface area contributed by atoms with Crippen molar-refractivity contribution in [2.75, 3.05) is 11.9 Å². The van der Waals surface area contributed by atoms with Crippen LogP contribution in [0.25, 0.3) is 11.0 Å². The first-order chi connectivity index (χ1) is 17.0. The summed E-state index contributed by atoms with van der Waals surface area (Å²) in [4.78, 5) is 30.3. The molecule has 35 heavy (non-hydrogen) atoms. The van der Waals surface area contributed by atoms with Crippen molar-refractivity contribution in [1.82, 2.24) is 14.6 Å². The first-order valence-electron chi connectivity index (χ1n) is 10.8. The second-order valence-electron chi connectivity index (χ2n) is 7.68. The van der Waals surface area contributed by atoms with Crippen LogP contribution in [0, 0.1) is 0 Å². The second-order valence-corrected chi connectivity index (χ2v) is 9.13. The minimum atomic E-state index is -0.309. The lowest BCUT2D eigenvalue weighted by molar-refractivity contribution is -0.118. The first-order valence-corrected chi connectivity index (χ1v) is 12.0. The smallest absolute Gasteiger partial charge is 0.291 e. The lowest BCUT2D eigenvalue weighted by Gasteiger charge is -2.09. The summed E-state index contributed by atoms with van der Waals surface area (Å²) >= 11 is 7.13. The van der Waals surface area contributed by atoms with Crippen LogP contribution in [0.5, 0.6) is 5.75 Å². The Balaban J connectivity index is 1.33. The standard InChI is InChI=1S/C26H19ClN4O3S/c27-19-10-12-20(13-11-19)28-24(32)16-34-21-9-5-4-8-18(21)15-22-25(33)31-26(35-22)29-23(30-31)14-17-6-2-1-3-7-17/h1-13,15H,14,16H2,(H,28,32)/b22-15-. The molecule has 0 radical (unpaired) electrons. The third-order valence-electron chi connectivity index (χ3n) is 5.12. The quantitative estimate of drug-likeness (QED) is 0.364. The van der Waals surface area contributed by atoms with Crippen molar-refractivity contribution in [1.29, 1.82) is 0 Å². The van der Waals surface area contributed by atoms with Crippen molar-refractivity contribution in [3.05, 3.63) is 116 Å². The van der Waals surface area contributed by atoms with Crippen LogP contribution in [-0.2, 0) is 11.2 Å². The predicted molar refractivity (Wildman–Crippen MR) is 137 cm³/mol. The third-order valence-corrected chi connectivity index (χ3v) is 6.33. The van der Waals surface area contributed by atoms with E-state index in [0.717, 1.165) is 5.56 Å². The molecule has 7 nitrogen and oxygen atoms in total. The number of halogens is 1. The largest absolute Gasteiger partial charge is 0.483 e. The average molecular weight is 503 g/mol. The summed E-state index contributed by atoms with van der Waals surface area (Å²) in [7, 11) is 0. The summed E-state index contributed by atoms with van der Waals surface area (Å²) in [5.74, 6) is 0.778. The number of para-hydroxylation sites is 1. The van der Waals surface area contributed by atoms with Crippen LogP contribution < -0.4 is 20.1 Å². The molecule has 1 amide bonds. The average Bonchev–Trinajstić information content (AvgIpc) is 3.38. The Bertz CT molecular complexity index is 1600. The van der Waals surface area contributed by atoms with Gasteiger partial charge in [0.1, 0.15) is 5.75 Å². The van der Waals surface area contributed by atoms with E-state index in [1.165, 1.54) is 15.9 Å². The number of rotatable bonds is 7. The molecule has 2 heterocycles. The minimum Gasteiger partial charge on any atom is -0.483 e. The number of ether oxygens (including phenoxy) is 1. The summed E-state index contributed by atoms with van der Waals surface area (Å²) in [6.07, 6.45) is 2.29. The maximum Gasteiger partial charge on any atom is 0.291 e. The van der Waals surface area contributed by atoms with Crippen molar-refractivity contribution in [2.24, 2.45) is 0 Å². The Kier molecular flexibility index (Phi) is 6.56. The van der Waals surface area contributed by atoms with Crippen LogP contribution in [0.4, 0.5) is 5.69 Å². The molecule has 3 aromatic carbocycles. The number of nitrogens with one attached hydrogen (secondary N) is 1. The Morgan fingerprint density at radius 1 is 1.03 bits per heavy atom. The molecule has 5 aromatic rings. The predicted octanol–water partition coefficient (Wildman–Crippen LogP) is 3.96. The highest BCUT2D eigenvalue weighted by atomic mass is 35.5. The number of nitrogens with zero attached hydrogens (tertiary/aromatic N) is 3. The Morgan fingerprint density at radius 2 is 1.77 bits per heavy atom. The van der Waals surface area contributed by atoms with Crippen LogP contribution in [0.2, 0.25) is 5.02 Å². The van der Waals surface area contributed by atoms with Gasteiger partial charge in [-0.05, 0) is 42.0 Å². The van der Waals surface area contributed by atoms with Gasteiger partial charge in [0.05, 0.1) is 4.53 Å². The van der Waals surface area contributed by atoms with Gasteiger partial charge >= 0.3 is 0 Å². The van der Waals surface area contributed by atoms with Crippen molar-refractivity contribution >= 4 is 45.6 Å². The van der Waals surface area contributed by atoms with Crippen molar-refractivity contribution in [2.45, 2.75) is 6.42 Å². The number of carbonyl (C=O) groups is 1. The Hall–Kier alpha value is -4.01. The number of anilines is 1. The molecule has 0 aliphatic heterocycles. The Morgan fingerprint density at radius 3 is 2.54 bits per heavy atom. The van der Waals surface area contributed by atoms with Crippen LogP contribution in [0.3, 0.4) is 0 Å². The van der Waals surface area contributed by atoms with Gasteiger partial charge in [-0.25, -0.2) is 4.98 Å². The summed E-state index contributed by atoms with van der Waals surface area (Å²) in [5, 5.41) is 7.73. The van der Waals surface area contributed by atoms with E-state index >= 15 is 0 Å². The van der Waals surface area contributed by atoms with E-state index in [9.17, 15) is 9.59 Å². The monoisotopic (exact) mass is 502 g/mol. The molecule has 0 saturated carbocycles. The number of fused-ring (bicyclic) bond motifs is 1. The van der Waals surface area contributed by atoms with E-state index < -0.39 is 0 Å². The van der Waals surface area contributed by atoms with Gasteiger partial charge in [-0.15, -0.1) is 5.10 Å². The number of aromatic nitrogens is 3. The van der Waals surface area contributed by atoms with E-state index in [0.29, 0.717) is 43.8 Å². The lowest BCUT2D eigenvalue weighted by atomic mass is 10.1. The molecule has 2 aromatic heterocycles. The zero-order chi connectivity index (χ0) is 24.2. The number of amides is 1. The number of hydrogen-bond acceptors (Lipinski definition) is 6. The van der Waals surface area contributed by atoms with Gasteiger partial charge in [0.25, 0.3) is 11.5 Å². The SMILES string of the molecule is O=C(COc1ccccc1/C=c1\sc2nc(Cc3ccccc3)nn2c1=O)Nc1ccc(Cl)cc1. The lowest BCUT2D eigenvalue weighted by Crippen LogP contribution is -2.24. The molecule has 0 saturated heterocycles. The van der Waals surface area contributed by atoms with Gasteiger partial charge in [0, 0.05) is 22.7 Å². The number of thiazole rings is 1. The second kappa shape index (κ2) is 10.1. The highest BCUT2D eigenvalue weighted by Crippen LogP contribution is 2.19. The highest BCUT2D eigenvalue weighted by molar-refractivity contribution is 7.15. The number of hydrogen-bond donors (Lipinski definition) is 1. The fourth-order valence-electron chi connectivity index (χ4n) is 3.47. The van der Waals surface area contributed by atoms with Crippen LogP contribution in [0.15, 0.2) is 83.7 Å². The molecule has 0 atom stereocenters. The molecule has 5 rings (SSSR count). The normalized spacial score (nSPS) is 11.6. The maximum atomic E-state index is 12.9. The van der Waals surface area contributed by atoms with E-state index in [2.05, 4.69) is 15.4 Å². The molecular weight excluding hydrogens is 484 g/mol. The summed E-state index contributed by atoms with van der Waals surface area (Å²) in [6, 6.07) is 23.9. The molecule has 0 bridgehead atoms.